The van der Waals surface area contributed by atoms with Crippen LogP contribution in [0.25, 0.3) is 0 Å². The van der Waals surface area contributed by atoms with E-state index in [1.54, 1.807) is 25.3 Å². The Kier molecular flexibility index (Phi) is 6.88. The highest BCUT2D eigenvalue weighted by Gasteiger charge is 2.15. The van der Waals surface area contributed by atoms with E-state index >= 15 is 0 Å². The number of benzene rings is 1. The van der Waals surface area contributed by atoms with E-state index in [1.807, 2.05) is 6.07 Å². The number of hydrogen-bond acceptors (Lipinski definition) is 5. The standard InChI is InChI=1S/C13H20N2O4/c1-17-6-7-19-11-5-3-4-10(8-11)15-13(16)12(9-14)18-2/h3-5,8,12H,6-7,9,14H2,1-2H3,(H,15,16). The SMILES string of the molecule is COCCOc1cccc(NC(=O)C(CN)OC)c1. The summed E-state index contributed by atoms with van der Waals surface area (Å²) >= 11 is 0. The predicted molar refractivity (Wildman–Crippen MR) is 72.3 cm³/mol. The number of nitrogens with two attached hydrogens (primary N) is 1. The highest BCUT2D eigenvalue weighted by atomic mass is 16.5. The molecule has 3 N–H and O–H groups in total. The van der Waals surface area contributed by atoms with Crippen molar-refractivity contribution in [2.45, 2.75) is 6.10 Å². The zero-order chi connectivity index (χ0) is 14.1. The highest BCUT2D eigenvalue weighted by molar-refractivity contribution is 5.94. The first-order valence-electron chi connectivity index (χ1n) is 5.96. The second-order valence-corrected chi connectivity index (χ2v) is 3.82. The van der Waals surface area contributed by atoms with E-state index in [1.165, 1.54) is 7.11 Å². The number of anilines is 1. The largest absolute Gasteiger partial charge is 0.491 e. The van der Waals surface area contributed by atoms with Crippen LogP contribution in [0.3, 0.4) is 0 Å². The Morgan fingerprint density at radius 1 is 1.37 bits per heavy atom. The van der Waals surface area contributed by atoms with Crippen LogP contribution >= 0.6 is 0 Å². The number of amides is 1. The maximum Gasteiger partial charge on any atom is 0.254 e. The summed E-state index contributed by atoms with van der Waals surface area (Å²) in [6.07, 6.45) is -0.655. The van der Waals surface area contributed by atoms with Crippen LogP contribution in [0, 0.1) is 0 Å². The molecule has 1 atom stereocenters. The molecule has 0 aliphatic rings. The molecule has 1 amide bonds. The van der Waals surface area contributed by atoms with Gasteiger partial charge in [-0.2, -0.15) is 0 Å². The second-order valence-electron chi connectivity index (χ2n) is 3.82. The third-order valence-corrected chi connectivity index (χ3v) is 2.45. The fraction of sp³-hybridized carbons (Fsp3) is 0.462. The minimum Gasteiger partial charge on any atom is -0.491 e. The van der Waals surface area contributed by atoms with Crippen LogP contribution in [0.5, 0.6) is 5.75 Å². The van der Waals surface area contributed by atoms with E-state index in [0.29, 0.717) is 24.7 Å². The topological polar surface area (TPSA) is 82.8 Å². The van der Waals surface area contributed by atoms with Crippen LogP contribution in [-0.4, -0.2) is 46.0 Å². The summed E-state index contributed by atoms with van der Waals surface area (Å²) in [7, 11) is 3.05. The Bertz CT molecular complexity index is 394. The van der Waals surface area contributed by atoms with Gasteiger partial charge in [-0.1, -0.05) is 6.07 Å². The van der Waals surface area contributed by atoms with Crippen LogP contribution in [-0.2, 0) is 14.3 Å². The first kappa shape index (κ1) is 15.4. The first-order valence-corrected chi connectivity index (χ1v) is 5.96. The molecule has 19 heavy (non-hydrogen) atoms. The van der Waals surface area contributed by atoms with Crippen molar-refractivity contribution in [2.24, 2.45) is 5.73 Å². The number of carbonyl (C=O) groups excluding carboxylic acids is 1. The van der Waals surface area contributed by atoms with E-state index in [9.17, 15) is 4.79 Å². The van der Waals surface area contributed by atoms with Gasteiger partial charge in [-0.25, -0.2) is 0 Å². The van der Waals surface area contributed by atoms with E-state index < -0.39 is 6.10 Å². The molecular weight excluding hydrogens is 248 g/mol. The van der Waals surface area contributed by atoms with Gasteiger partial charge in [0, 0.05) is 32.5 Å². The van der Waals surface area contributed by atoms with Gasteiger partial charge < -0.3 is 25.3 Å². The normalized spacial score (nSPS) is 11.9. The first-order chi connectivity index (χ1) is 9.21. The van der Waals surface area contributed by atoms with Crippen LogP contribution in [0.2, 0.25) is 0 Å². The summed E-state index contributed by atoms with van der Waals surface area (Å²) in [6, 6.07) is 7.10. The molecule has 6 nitrogen and oxygen atoms in total. The maximum absolute atomic E-state index is 11.8. The van der Waals surface area contributed by atoms with Crippen molar-refractivity contribution in [1.82, 2.24) is 0 Å². The van der Waals surface area contributed by atoms with Gasteiger partial charge in [0.05, 0.1) is 6.61 Å². The fourth-order valence-electron chi connectivity index (χ4n) is 1.44. The molecule has 0 radical (unpaired) electrons. The van der Waals surface area contributed by atoms with Gasteiger partial charge >= 0.3 is 0 Å². The molecule has 1 unspecified atom stereocenters. The third kappa shape index (κ3) is 5.25. The number of ether oxygens (including phenoxy) is 3. The van der Waals surface area contributed by atoms with E-state index in [4.69, 9.17) is 19.9 Å². The van der Waals surface area contributed by atoms with Gasteiger partial charge in [-0.3, -0.25) is 4.79 Å². The summed E-state index contributed by atoms with van der Waals surface area (Å²) in [5, 5.41) is 2.72. The van der Waals surface area contributed by atoms with Crippen LogP contribution in [0.1, 0.15) is 0 Å². The molecule has 0 aliphatic heterocycles. The summed E-state index contributed by atoms with van der Waals surface area (Å²) in [6.45, 7) is 1.10. The molecule has 0 aliphatic carbocycles. The fourth-order valence-corrected chi connectivity index (χ4v) is 1.44. The van der Waals surface area contributed by atoms with E-state index in [-0.39, 0.29) is 12.5 Å². The summed E-state index contributed by atoms with van der Waals surface area (Å²) in [5.74, 6) is 0.385. The molecule has 0 bridgehead atoms. The number of nitrogens with one attached hydrogen (secondary N) is 1. The lowest BCUT2D eigenvalue weighted by molar-refractivity contribution is -0.125. The minimum atomic E-state index is -0.655. The van der Waals surface area contributed by atoms with Gasteiger partial charge in [0.1, 0.15) is 18.5 Å². The molecule has 1 aromatic carbocycles. The van der Waals surface area contributed by atoms with Crippen LogP contribution in [0.15, 0.2) is 24.3 Å². The molecule has 106 valence electrons. The Morgan fingerprint density at radius 3 is 2.79 bits per heavy atom. The summed E-state index contributed by atoms with van der Waals surface area (Å²) in [5.41, 5.74) is 6.06. The molecule has 0 heterocycles. The number of carbonyl (C=O) groups is 1. The van der Waals surface area contributed by atoms with Crippen molar-refractivity contribution in [3.05, 3.63) is 24.3 Å². The van der Waals surface area contributed by atoms with Gasteiger partial charge in [0.25, 0.3) is 5.91 Å². The molecule has 1 aromatic rings. The van der Waals surface area contributed by atoms with Crippen molar-refractivity contribution in [2.75, 3.05) is 39.3 Å². The monoisotopic (exact) mass is 268 g/mol. The molecule has 0 aromatic heterocycles. The highest BCUT2D eigenvalue weighted by Crippen LogP contribution is 2.17. The zero-order valence-corrected chi connectivity index (χ0v) is 11.2. The van der Waals surface area contributed by atoms with Crippen molar-refractivity contribution >= 4 is 11.6 Å². The van der Waals surface area contributed by atoms with Crippen LogP contribution < -0.4 is 15.8 Å². The van der Waals surface area contributed by atoms with Gasteiger partial charge in [-0.15, -0.1) is 0 Å². The lowest BCUT2D eigenvalue weighted by Gasteiger charge is -2.13. The number of methoxy groups -OCH3 is 2. The smallest absolute Gasteiger partial charge is 0.254 e. The molecule has 0 saturated heterocycles. The number of rotatable bonds is 8. The maximum atomic E-state index is 11.8. The Labute approximate surface area is 112 Å². The van der Waals surface area contributed by atoms with Crippen molar-refractivity contribution in [3.63, 3.8) is 0 Å². The minimum absolute atomic E-state index is 0.131. The van der Waals surface area contributed by atoms with Crippen LogP contribution in [0.4, 0.5) is 5.69 Å². The predicted octanol–water partition coefficient (Wildman–Crippen LogP) is 0.624. The lowest BCUT2D eigenvalue weighted by atomic mass is 10.2. The average Bonchev–Trinajstić information content (AvgIpc) is 2.41. The molecule has 0 fully saturated rings. The van der Waals surface area contributed by atoms with E-state index in [2.05, 4.69) is 5.32 Å². The summed E-state index contributed by atoms with van der Waals surface area (Å²) < 4.78 is 15.3. The van der Waals surface area contributed by atoms with Crippen molar-refractivity contribution < 1.29 is 19.0 Å². The molecule has 6 heteroatoms. The Hall–Kier alpha value is -1.63. The van der Waals surface area contributed by atoms with Crippen molar-refractivity contribution in [1.29, 1.82) is 0 Å². The van der Waals surface area contributed by atoms with Gasteiger partial charge in [0.2, 0.25) is 0 Å². The van der Waals surface area contributed by atoms with Gasteiger partial charge in [-0.05, 0) is 12.1 Å². The summed E-state index contributed by atoms with van der Waals surface area (Å²) in [4.78, 5) is 11.8. The molecule has 0 spiro atoms. The Morgan fingerprint density at radius 2 is 2.16 bits per heavy atom. The van der Waals surface area contributed by atoms with Crippen molar-refractivity contribution in [3.8, 4) is 5.75 Å². The number of hydrogen-bond donors (Lipinski definition) is 2. The molecular formula is C13H20N2O4. The third-order valence-electron chi connectivity index (χ3n) is 2.45. The second kappa shape index (κ2) is 8.47. The zero-order valence-electron chi connectivity index (χ0n) is 11.2. The Balaban J connectivity index is 2.58. The average molecular weight is 268 g/mol. The van der Waals surface area contributed by atoms with Gasteiger partial charge in [0.15, 0.2) is 0 Å². The quantitative estimate of drug-likeness (QED) is 0.675. The van der Waals surface area contributed by atoms with E-state index in [0.717, 1.165) is 0 Å². The molecule has 1 rings (SSSR count). The molecule has 0 saturated carbocycles. The lowest BCUT2D eigenvalue weighted by Crippen LogP contribution is -2.35.